The number of hydrogen-bond acceptors (Lipinski definition) is 3. The van der Waals surface area contributed by atoms with Gasteiger partial charge >= 0.3 is 0 Å². The van der Waals surface area contributed by atoms with Crippen LogP contribution >= 0.6 is 27.7 Å². The van der Waals surface area contributed by atoms with Crippen molar-refractivity contribution in [3.63, 3.8) is 0 Å². The van der Waals surface area contributed by atoms with E-state index in [0.29, 0.717) is 4.47 Å². The number of halogens is 1. The van der Waals surface area contributed by atoms with E-state index < -0.39 is 10.0 Å². The molecule has 0 bridgehead atoms. The summed E-state index contributed by atoms with van der Waals surface area (Å²) in [6, 6.07) is 6.74. The molecule has 3 nitrogen and oxygen atoms in total. The van der Waals surface area contributed by atoms with Crippen molar-refractivity contribution >= 4 is 37.7 Å². The molecule has 17 heavy (non-hydrogen) atoms. The van der Waals surface area contributed by atoms with Crippen molar-refractivity contribution in [1.82, 2.24) is 4.72 Å². The van der Waals surface area contributed by atoms with Gasteiger partial charge in [-0.2, -0.15) is 11.8 Å². The Balaban J connectivity index is 2.79. The molecule has 0 aliphatic heterocycles. The lowest BCUT2D eigenvalue weighted by Gasteiger charge is -2.14. The van der Waals surface area contributed by atoms with Crippen LogP contribution in [0.1, 0.15) is 13.8 Å². The van der Waals surface area contributed by atoms with E-state index in [1.165, 1.54) is 0 Å². The highest BCUT2D eigenvalue weighted by molar-refractivity contribution is 9.10. The van der Waals surface area contributed by atoms with Gasteiger partial charge in [0.1, 0.15) is 0 Å². The van der Waals surface area contributed by atoms with Crippen LogP contribution in [0.3, 0.4) is 0 Å². The minimum absolute atomic E-state index is 0.0722. The second-order valence-electron chi connectivity index (χ2n) is 3.61. The Bertz CT molecular complexity index is 462. The van der Waals surface area contributed by atoms with Crippen molar-refractivity contribution in [1.29, 1.82) is 0 Å². The van der Waals surface area contributed by atoms with Crippen LogP contribution in [0.4, 0.5) is 0 Å². The van der Waals surface area contributed by atoms with E-state index in [1.54, 1.807) is 36.0 Å². The average molecular weight is 338 g/mol. The van der Waals surface area contributed by atoms with Gasteiger partial charge in [0.05, 0.1) is 4.90 Å². The predicted molar refractivity (Wildman–Crippen MR) is 76.9 cm³/mol. The van der Waals surface area contributed by atoms with Crippen LogP contribution < -0.4 is 4.72 Å². The summed E-state index contributed by atoms with van der Waals surface area (Å²) < 4.78 is 27.4. The van der Waals surface area contributed by atoms with Gasteiger partial charge in [-0.25, -0.2) is 13.1 Å². The number of thioether (sulfide) groups is 1. The summed E-state index contributed by atoms with van der Waals surface area (Å²) in [7, 11) is -3.43. The number of benzene rings is 1. The topological polar surface area (TPSA) is 46.2 Å². The van der Waals surface area contributed by atoms with Crippen molar-refractivity contribution in [3.05, 3.63) is 28.7 Å². The van der Waals surface area contributed by atoms with Gasteiger partial charge in [-0.3, -0.25) is 0 Å². The van der Waals surface area contributed by atoms with Crippen LogP contribution in [-0.4, -0.2) is 26.0 Å². The van der Waals surface area contributed by atoms with E-state index in [0.717, 1.165) is 11.5 Å². The zero-order valence-corrected chi connectivity index (χ0v) is 13.0. The summed E-state index contributed by atoms with van der Waals surface area (Å²) in [4.78, 5) is 0.286. The Morgan fingerprint density at radius 1 is 1.41 bits per heavy atom. The van der Waals surface area contributed by atoms with Crippen LogP contribution in [0, 0.1) is 0 Å². The highest BCUT2D eigenvalue weighted by Gasteiger charge is 2.19. The number of rotatable bonds is 6. The van der Waals surface area contributed by atoms with Crippen LogP contribution in [0.2, 0.25) is 0 Å². The third kappa shape index (κ3) is 4.62. The molecule has 0 aliphatic rings. The van der Waals surface area contributed by atoms with E-state index in [4.69, 9.17) is 0 Å². The monoisotopic (exact) mass is 337 g/mol. The molecule has 0 radical (unpaired) electrons. The predicted octanol–water partition coefficient (Wildman–Crippen LogP) is 2.87. The summed E-state index contributed by atoms with van der Waals surface area (Å²) in [5.74, 6) is 1.77. The molecule has 6 heteroatoms. The molecular formula is C11H16BrNO2S2. The quantitative estimate of drug-likeness (QED) is 0.868. The normalized spacial score (nSPS) is 13.6. The molecule has 1 rings (SSSR count). The first-order valence-electron chi connectivity index (χ1n) is 5.32. The molecule has 1 aromatic rings. The third-order valence-corrected chi connectivity index (χ3v) is 5.80. The zero-order valence-electron chi connectivity index (χ0n) is 9.81. The molecule has 0 fully saturated rings. The van der Waals surface area contributed by atoms with E-state index >= 15 is 0 Å². The number of sulfonamides is 1. The van der Waals surface area contributed by atoms with Crippen LogP contribution in [0.5, 0.6) is 0 Å². The van der Waals surface area contributed by atoms with Gasteiger partial charge in [0.25, 0.3) is 0 Å². The molecule has 1 N–H and O–H groups in total. The fourth-order valence-electron chi connectivity index (χ4n) is 1.32. The molecule has 0 aromatic heterocycles. The second-order valence-corrected chi connectivity index (χ2v) is 7.47. The van der Waals surface area contributed by atoms with Crippen LogP contribution in [-0.2, 0) is 10.0 Å². The maximum Gasteiger partial charge on any atom is 0.241 e. The summed E-state index contributed by atoms with van der Waals surface area (Å²) in [6.45, 7) is 3.93. The van der Waals surface area contributed by atoms with Gasteiger partial charge in [-0.1, -0.05) is 19.1 Å². The molecule has 0 saturated heterocycles. The standard InChI is InChI=1S/C11H16BrNO2S2/c1-3-16-8-9(2)13-17(14,15)11-7-5-4-6-10(11)12/h4-7,9,13H,3,8H2,1-2H3. The smallest absolute Gasteiger partial charge is 0.207 e. The Kier molecular flexibility index (Phi) is 5.99. The average Bonchev–Trinajstić information content (AvgIpc) is 2.26. The Hall–Kier alpha value is -0.0400. The number of nitrogens with one attached hydrogen (secondary N) is 1. The maximum atomic E-state index is 12.1. The maximum absolute atomic E-state index is 12.1. The Morgan fingerprint density at radius 3 is 2.65 bits per heavy atom. The first-order chi connectivity index (χ1) is 7.97. The van der Waals surface area contributed by atoms with Crippen molar-refractivity contribution in [2.45, 2.75) is 24.8 Å². The lowest BCUT2D eigenvalue weighted by Crippen LogP contribution is -2.34. The van der Waals surface area contributed by atoms with E-state index in [-0.39, 0.29) is 10.9 Å². The summed E-state index contributed by atoms with van der Waals surface area (Å²) >= 11 is 4.97. The molecule has 0 amide bonds. The Morgan fingerprint density at radius 2 is 2.06 bits per heavy atom. The van der Waals surface area contributed by atoms with Gasteiger partial charge in [0.2, 0.25) is 10.0 Å². The molecule has 0 aliphatic carbocycles. The highest BCUT2D eigenvalue weighted by atomic mass is 79.9. The molecule has 0 heterocycles. The van der Waals surface area contributed by atoms with Gasteiger partial charge in [-0.05, 0) is 40.7 Å². The highest BCUT2D eigenvalue weighted by Crippen LogP contribution is 2.21. The fourth-order valence-corrected chi connectivity index (χ4v) is 4.34. The largest absolute Gasteiger partial charge is 0.241 e. The van der Waals surface area contributed by atoms with Gasteiger partial charge in [0.15, 0.2) is 0 Å². The van der Waals surface area contributed by atoms with E-state index in [1.807, 2.05) is 6.92 Å². The van der Waals surface area contributed by atoms with Crippen molar-refractivity contribution < 1.29 is 8.42 Å². The lowest BCUT2D eigenvalue weighted by atomic mass is 10.4. The van der Waals surface area contributed by atoms with Crippen molar-refractivity contribution in [3.8, 4) is 0 Å². The first-order valence-corrected chi connectivity index (χ1v) is 8.75. The van der Waals surface area contributed by atoms with E-state index in [9.17, 15) is 8.42 Å². The Labute approximate surface area is 116 Å². The van der Waals surface area contributed by atoms with Crippen molar-refractivity contribution in [2.24, 2.45) is 0 Å². The van der Waals surface area contributed by atoms with E-state index in [2.05, 4.69) is 27.6 Å². The zero-order chi connectivity index (χ0) is 12.9. The molecule has 1 aromatic carbocycles. The molecular weight excluding hydrogens is 322 g/mol. The summed E-state index contributed by atoms with van der Waals surface area (Å²) in [5.41, 5.74) is 0. The van der Waals surface area contributed by atoms with Crippen LogP contribution in [0.15, 0.2) is 33.6 Å². The molecule has 96 valence electrons. The molecule has 0 spiro atoms. The third-order valence-electron chi connectivity index (χ3n) is 2.05. The second kappa shape index (κ2) is 6.78. The summed E-state index contributed by atoms with van der Waals surface area (Å²) in [5, 5.41) is 0. The number of hydrogen-bond donors (Lipinski definition) is 1. The van der Waals surface area contributed by atoms with Crippen molar-refractivity contribution in [2.75, 3.05) is 11.5 Å². The first kappa shape index (κ1) is 15.0. The molecule has 1 unspecified atom stereocenters. The lowest BCUT2D eigenvalue weighted by molar-refractivity contribution is 0.570. The van der Waals surface area contributed by atoms with Gasteiger partial charge in [0, 0.05) is 16.3 Å². The SMILES string of the molecule is CCSCC(C)NS(=O)(=O)c1ccccc1Br. The molecule has 0 saturated carbocycles. The van der Waals surface area contributed by atoms with Crippen LogP contribution in [0.25, 0.3) is 0 Å². The molecule has 1 atom stereocenters. The van der Waals surface area contributed by atoms with Gasteiger partial charge < -0.3 is 0 Å². The fraction of sp³-hybridized carbons (Fsp3) is 0.455. The van der Waals surface area contributed by atoms with Gasteiger partial charge in [-0.15, -0.1) is 0 Å². The minimum atomic E-state index is -3.43. The minimum Gasteiger partial charge on any atom is -0.207 e. The summed E-state index contributed by atoms with van der Waals surface area (Å²) in [6.07, 6.45) is 0.